The van der Waals surface area contributed by atoms with Gasteiger partial charge in [0.15, 0.2) is 5.54 Å². The van der Waals surface area contributed by atoms with Crippen LogP contribution >= 0.6 is 0 Å². The Balaban J connectivity index is 1.66. The predicted octanol–water partition coefficient (Wildman–Crippen LogP) is 3.67. The molecule has 0 aliphatic carbocycles. The van der Waals surface area contributed by atoms with Gasteiger partial charge in [0.05, 0.1) is 31.2 Å². The van der Waals surface area contributed by atoms with Crippen LogP contribution in [0.4, 0.5) is 11.4 Å². The van der Waals surface area contributed by atoms with Crippen molar-refractivity contribution in [1.82, 2.24) is 5.32 Å². The highest BCUT2D eigenvalue weighted by Crippen LogP contribution is 2.54. The van der Waals surface area contributed by atoms with Gasteiger partial charge in [-0.3, -0.25) is 14.9 Å². The van der Waals surface area contributed by atoms with Gasteiger partial charge in [0.1, 0.15) is 5.75 Å². The number of nitrogens with zero attached hydrogens (tertiary/aromatic N) is 2. The first kappa shape index (κ1) is 25.5. The topological polar surface area (TPSA) is 88.2 Å². The number of carbonyl (C=O) groups excluding carboxylic acids is 3. The molecule has 8 heteroatoms. The van der Waals surface area contributed by atoms with Crippen LogP contribution in [-0.2, 0) is 24.7 Å². The first-order valence-electron chi connectivity index (χ1n) is 12.6. The van der Waals surface area contributed by atoms with Gasteiger partial charge in [0.25, 0.3) is 0 Å². The van der Waals surface area contributed by atoms with Crippen LogP contribution < -0.4 is 19.9 Å². The number of esters is 1. The van der Waals surface area contributed by atoms with Crippen molar-refractivity contribution in [1.29, 1.82) is 0 Å². The van der Waals surface area contributed by atoms with E-state index in [9.17, 15) is 14.4 Å². The molecule has 0 unspecified atom stereocenters. The van der Waals surface area contributed by atoms with Gasteiger partial charge in [0.2, 0.25) is 11.8 Å². The maximum absolute atomic E-state index is 14.2. The summed E-state index contributed by atoms with van der Waals surface area (Å²) < 4.78 is 10.8. The van der Waals surface area contributed by atoms with Gasteiger partial charge in [-0.15, -0.1) is 0 Å². The average molecular weight is 514 g/mol. The van der Waals surface area contributed by atoms with E-state index in [0.717, 1.165) is 11.3 Å². The number of hydrogen-bond acceptors (Lipinski definition) is 7. The number of methoxy groups -OCH3 is 1. The molecule has 2 heterocycles. The van der Waals surface area contributed by atoms with E-state index in [1.807, 2.05) is 56.3 Å². The molecule has 2 fully saturated rings. The molecule has 0 aromatic heterocycles. The van der Waals surface area contributed by atoms with Gasteiger partial charge < -0.3 is 14.4 Å². The van der Waals surface area contributed by atoms with Crippen molar-refractivity contribution in [2.24, 2.45) is 11.8 Å². The Labute approximate surface area is 222 Å². The van der Waals surface area contributed by atoms with E-state index < -0.39 is 35.3 Å². The van der Waals surface area contributed by atoms with Crippen molar-refractivity contribution in [3.63, 3.8) is 0 Å². The Morgan fingerprint density at radius 3 is 2.18 bits per heavy atom. The quantitative estimate of drug-likeness (QED) is 0.381. The number of amides is 2. The van der Waals surface area contributed by atoms with Crippen LogP contribution in [0, 0.1) is 11.8 Å². The molecule has 4 atom stereocenters. The lowest BCUT2D eigenvalue weighted by molar-refractivity contribution is -0.152. The summed E-state index contributed by atoms with van der Waals surface area (Å²) in [5, 5.41) is 3.42. The minimum atomic E-state index is -1.54. The van der Waals surface area contributed by atoms with E-state index >= 15 is 0 Å². The molecule has 2 aliphatic rings. The molecule has 2 aliphatic heterocycles. The average Bonchev–Trinajstić information content (AvgIpc) is 3.43. The molecule has 5 rings (SSSR count). The summed E-state index contributed by atoms with van der Waals surface area (Å²) in [7, 11) is 5.20. The second kappa shape index (κ2) is 9.95. The van der Waals surface area contributed by atoms with Crippen LogP contribution in [0.1, 0.15) is 24.1 Å². The highest BCUT2D eigenvalue weighted by atomic mass is 16.5. The van der Waals surface area contributed by atoms with Crippen molar-refractivity contribution in [3.05, 3.63) is 90.0 Å². The van der Waals surface area contributed by atoms with Crippen LogP contribution in [0.15, 0.2) is 78.9 Å². The third-order valence-corrected chi connectivity index (χ3v) is 7.47. The summed E-state index contributed by atoms with van der Waals surface area (Å²) in [6.45, 7) is 2.39. The lowest BCUT2D eigenvalue weighted by Gasteiger charge is -2.33. The Morgan fingerprint density at radius 1 is 0.947 bits per heavy atom. The minimum Gasteiger partial charge on any atom is -0.494 e. The number of hydrogen-bond donors (Lipinski definition) is 1. The van der Waals surface area contributed by atoms with Crippen molar-refractivity contribution >= 4 is 29.2 Å². The maximum atomic E-state index is 14.2. The third kappa shape index (κ3) is 3.92. The first-order valence-corrected chi connectivity index (χ1v) is 12.6. The van der Waals surface area contributed by atoms with Crippen LogP contribution in [0.5, 0.6) is 5.75 Å². The molecule has 0 bridgehead atoms. The summed E-state index contributed by atoms with van der Waals surface area (Å²) >= 11 is 0. The van der Waals surface area contributed by atoms with E-state index in [1.165, 1.54) is 12.0 Å². The normalized spacial score (nSPS) is 24.3. The molecule has 1 N–H and O–H groups in total. The van der Waals surface area contributed by atoms with Crippen LogP contribution in [0.2, 0.25) is 0 Å². The summed E-state index contributed by atoms with van der Waals surface area (Å²) in [5.74, 6) is -2.60. The van der Waals surface area contributed by atoms with Crippen LogP contribution in [-0.4, -0.2) is 45.6 Å². The largest absolute Gasteiger partial charge is 0.494 e. The number of nitrogens with one attached hydrogen (secondary N) is 1. The number of anilines is 2. The van der Waals surface area contributed by atoms with Crippen LogP contribution in [0.3, 0.4) is 0 Å². The Kier molecular flexibility index (Phi) is 6.67. The molecule has 0 radical (unpaired) electrons. The van der Waals surface area contributed by atoms with Gasteiger partial charge >= 0.3 is 5.97 Å². The highest BCUT2D eigenvalue weighted by molar-refractivity contribution is 6.24. The number of benzene rings is 3. The molecule has 0 saturated carbocycles. The molecule has 196 valence electrons. The number of ether oxygens (including phenoxy) is 2. The standard InChI is InChI=1S/C30H31N3O5/c1-5-38-23-17-15-22(16-18-23)33-27(34)24-25(28(33)35)30(29(36)37-4,20-9-7-6-8-10-20)31-26(24)19-11-13-21(14-12-19)32(2)3/h6-18,24-26,31H,5H2,1-4H3/t24-,25-,26+,30+/m0/s1. The second-order valence-electron chi connectivity index (χ2n) is 9.72. The number of rotatable bonds is 7. The van der Waals surface area contributed by atoms with Gasteiger partial charge in [-0.05, 0) is 54.4 Å². The summed E-state index contributed by atoms with van der Waals surface area (Å²) in [5.41, 5.74) is 1.27. The van der Waals surface area contributed by atoms with E-state index in [4.69, 9.17) is 9.47 Å². The van der Waals surface area contributed by atoms with E-state index in [-0.39, 0.29) is 5.91 Å². The summed E-state index contributed by atoms with van der Waals surface area (Å²) in [6.07, 6.45) is 0. The van der Waals surface area contributed by atoms with Gasteiger partial charge in [-0.25, -0.2) is 9.69 Å². The molecule has 38 heavy (non-hydrogen) atoms. The fraction of sp³-hybridized carbons (Fsp3) is 0.300. The smallest absolute Gasteiger partial charge is 0.331 e. The van der Waals surface area contributed by atoms with Crippen molar-refractivity contribution in [2.75, 3.05) is 37.6 Å². The van der Waals surface area contributed by atoms with Gasteiger partial charge in [-0.2, -0.15) is 0 Å². The number of imide groups is 1. The molecule has 8 nitrogen and oxygen atoms in total. The van der Waals surface area contributed by atoms with Crippen molar-refractivity contribution in [3.8, 4) is 5.75 Å². The highest BCUT2D eigenvalue weighted by Gasteiger charge is 2.69. The maximum Gasteiger partial charge on any atom is 0.331 e. The lowest BCUT2D eigenvalue weighted by atomic mass is 9.75. The molecule has 0 spiro atoms. The first-order chi connectivity index (χ1) is 18.3. The number of fused-ring (bicyclic) bond motifs is 1. The van der Waals surface area contributed by atoms with E-state index in [0.29, 0.717) is 23.6 Å². The monoisotopic (exact) mass is 513 g/mol. The fourth-order valence-corrected chi connectivity index (χ4v) is 5.72. The molecule has 3 aromatic carbocycles. The van der Waals surface area contributed by atoms with Gasteiger partial charge in [-0.1, -0.05) is 42.5 Å². The zero-order chi connectivity index (χ0) is 27.0. The zero-order valence-electron chi connectivity index (χ0n) is 21.9. The second-order valence-corrected chi connectivity index (χ2v) is 9.72. The Bertz CT molecular complexity index is 1340. The summed E-state index contributed by atoms with van der Waals surface area (Å²) in [6, 6.07) is 23.1. The van der Waals surface area contributed by atoms with E-state index in [2.05, 4.69) is 5.32 Å². The molecular formula is C30H31N3O5. The Morgan fingerprint density at radius 2 is 1.61 bits per heavy atom. The van der Waals surface area contributed by atoms with Crippen LogP contribution in [0.25, 0.3) is 0 Å². The van der Waals surface area contributed by atoms with E-state index in [1.54, 1.807) is 48.5 Å². The molecular weight excluding hydrogens is 482 g/mol. The molecule has 2 amide bonds. The zero-order valence-corrected chi connectivity index (χ0v) is 21.9. The number of carbonyl (C=O) groups is 3. The van der Waals surface area contributed by atoms with Crippen molar-refractivity contribution < 1.29 is 23.9 Å². The Hall–Kier alpha value is -4.17. The SMILES string of the molecule is CCOc1ccc(N2C(=O)[C@@H]3[C@@H](c4ccc(N(C)C)cc4)N[C@](C(=O)OC)(c4ccccc4)[C@@H]3C2=O)cc1. The predicted molar refractivity (Wildman–Crippen MR) is 144 cm³/mol. The fourth-order valence-electron chi connectivity index (χ4n) is 5.72. The third-order valence-electron chi connectivity index (χ3n) is 7.47. The molecule has 2 saturated heterocycles. The van der Waals surface area contributed by atoms with Crippen molar-refractivity contribution in [2.45, 2.75) is 18.5 Å². The van der Waals surface area contributed by atoms with Gasteiger partial charge in [0, 0.05) is 25.8 Å². The summed E-state index contributed by atoms with van der Waals surface area (Å²) in [4.78, 5) is 45.0. The lowest BCUT2D eigenvalue weighted by Crippen LogP contribution is -2.53. The molecule has 3 aromatic rings. The minimum absolute atomic E-state index is 0.361.